The normalized spacial score (nSPS) is 20.1. The zero-order chi connectivity index (χ0) is 11.7. The van der Waals surface area contributed by atoms with Gasteiger partial charge in [0.05, 0.1) is 5.70 Å². The molecule has 0 aromatic rings. The van der Waals surface area contributed by atoms with Crippen LogP contribution in [0.1, 0.15) is 0 Å². The Kier molecular flexibility index (Phi) is 2.32. The number of likely N-dealkylation sites (N-methyl/N-ethyl adjacent to an activating group) is 1. The predicted octanol–water partition coefficient (Wildman–Crippen LogP) is -0.378. The van der Waals surface area contributed by atoms with Gasteiger partial charge in [-0.25, -0.2) is 4.79 Å². The topological polar surface area (TPSA) is 78.5 Å². The van der Waals surface area contributed by atoms with Gasteiger partial charge in [0, 0.05) is 13.2 Å². The lowest BCUT2D eigenvalue weighted by molar-refractivity contribution is -0.124. The fraction of sp³-hybridized carbons (Fsp3) is 0.100. The molecular formula is C10H9N3O3. The minimum Gasteiger partial charge on any atom is -0.350 e. The molecule has 2 aliphatic rings. The molecule has 4 amide bonds. The Morgan fingerprint density at radius 2 is 1.69 bits per heavy atom. The first-order valence-electron chi connectivity index (χ1n) is 4.58. The number of allylic oxidation sites excluding steroid dienone is 3. The highest BCUT2D eigenvalue weighted by Crippen LogP contribution is 2.16. The maximum absolute atomic E-state index is 11.5. The molecule has 0 aliphatic carbocycles. The first-order chi connectivity index (χ1) is 7.59. The molecule has 1 saturated heterocycles. The summed E-state index contributed by atoms with van der Waals surface area (Å²) in [5.41, 5.74) is 0.382. The van der Waals surface area contributed by atoms with E-state index in [-0.39, 0.29) is 5.57 Å². The second-order valence-corrected chi connectivity index (χ2v) is 3.31. The van der Waals surface area contributed by atoms with E-state index in [0.29, 0.717) is 5.70 Å². The van der Waals surface area contributed by atoms with Gasteiger partial charge in [-0.2, -0.15) is 0 Å². The Labute approximate surface area is 91.3 Å². The molecule has 0 aromatic carbocycles. The zero-order valence-electron chi connectivity index (χ0n) is 8.48. The van der Waals surface area contributed by atoms with Crippen LogP contribution in [-0.2, 0) is 9.59 Å². The van der Waals surface area contributed by atoms with Crippen LogP contribution >= 0.6 is 0 Å². The molecule has 82 valence electrons. The second-order valence-electron chi connectivity index (χ2n) is 3.31. The molecule has 0 spiro atoms. The molecule has 2 rings (SSSR count). The van der Waals surface area contributed by atoms with Crippen molar-refractivity contribution in [2.45, 2.75) is 0 Å². The van der Waals surface area contributed by atoms with Crippen molar-refractivity contribution in [2.24, 2.45) is 0 Å². The van der Waals surface area contributed by atoms with Gasteiger partial charge < -0.3 is 4.90 Å². The van der Waals surface area contributed by atoms with Crippen LogP contribution in [-0.4, -0.2) is 29.8 Å². The average molecular weight is 219 g/mol. The van der Waals surface area contributed by atoms with E-state index in [9.17, 15) is 14.4 Å². The average Bonchev–Trinajstić information content (AvgIpc) is 2.19. The van der Waals surface area contributed by atoms with Crippen molar-refractivity contribution in [3.05, 3.63) is 35.7 Å². The summed E-state index contributed by atoms with van der Waals surface area (Å²) in [7, 11) is 1.71. The lowest BCUT2D eigenvalue weighted by Crippen LogP contribution is -2.52. The molecule has 2 heterocycles. The van der Waals surface area contributed by atoms with Crippen molar-refractivity contribution in [1.29, 1.82) is 0 Å². The third-order valence-electron chi connectivity index (χ3n) is 2.22. The van der Waals surface area contributed by atoms with Gasteiger partial charge in [0.15, 0.2) is 0 Å². The molecule has 2 N–H and O–H groups in total. The van der Waals surface area contributed by atoms with Crippen molar-refractivity contribution >= 4 is 17.8 Å². The molecular weight excluding hydrogens is 210 g/mol. The molecule has 2 aliphatic heterocycles. The van der Waals surface area contributed by atoms with Gasteiger partial charge in [-0.15, -0.1) is 0 Å². The number of rotatable bonds is 0. The Morgan fingerprint density at radius 3 is 2.25 bits per heavy atom. The van der Waals surface area contributed by atoms with Crippen molar-refractivity contribution in [3.63, 3.8) is 0 Å². The van der Waals surface area contributed by atoms with Crippen LogP contribution in [0.3, 0.4) is 0 Å². The van der Waals surface area contributed by atoms with Gasteiger partial charge in [-0.05, 0) is 12.2 Å². The van der Waals surface area contributed by atoms with Crippen molar-refractivity contribution < 1.29 is 14.4 Å². The maximum atomic E-state index is 11.5. The first kappa shape index (κ1) is 10.2. The molecule has 0 aromatic heterocycles. The number of hydrogen-bond acceptors (Lipinski definition) is 4. The molecule has 0 atom stereocenters. The fourth-order valence-electron chi connectivity index (χ4n) is 1.48. The van der Waals surface area contributed by atoms with E-state index in [2.05, 4.69) is 0 Å². The van der Waals surface area contributed by atoms with Gasteiger partial charge in [0.1, 0.15) is 5.57 Å². The van der Waals surface area contributed by atoms with Crippen LogP contribution in [0.15, 0.2) is 35.7 Å². The van der Waals surface area contributed by atoms with E-state index in [1.54, 1.807) is 36.4 Å². The van der Waals surface area contributed by atoms with Gasteiger partial charge in [0.25, 0.3) is 11.8 Å². The maximum Gasteiger partial charge on any atom is 0.328 e. The van der Waals surface area contributed by atoms with E-state index >= 15 is 0 Å². The molecule has 0 radical (unpaired) electrons. The minimum absolute atomic E-state index is 0.0669. The third kappa shape index (κ3) is 1.60. The van der Waals surface area contributed by atoms with Gasteiger partial charge >= 0.3 is 6.03 Å². The van der Waals surface area contributed by atoms with Crippen LogP contribution in [0.5, 0.6) is 0 Å². The van der Waals surface area contributed by atoms with Gasteiger partial charge in [-0.1, -0.05) is 6.08 Å². The summed E-state index contributed by atoms with van der Waals surface area (Å²) in [5.74, 6) is -1.37. The summed E-state index contributed by atoms with van der Waals surface area (Å²) in [4.78, 5) is 35.5. The van der Waals surface area contributed by atoms with E-state index in [4.69, 9.17) is 0 Å². The summed E-state index contributed by atoms with van der Waals surface area (Å²) in [6.07, 6.45) is 6.82. The van der Waals surface area contributed by atoms with Gasteiger partial charge in [-0.3, -0.25) is 20.2 Å². The Balaban J connectivity index is 2.46. The van der Waals surface area contributed by atoms with E-state index in [1.165, 1.54) is 0 Å². The molecule has 16 heavy (non-hydrogen) atoms. The zero-order valence-corrected chi connectivity index (χ0v) is 8.48. The van der Waals surface area contributed by atoms with Crippen molar-refractivity contribution in [2.75, 3.05) is 7.05 Å². The lowest BCUT2D eigenvalue weighted by atomic mass is 10.1. The number of barbiturate groups is 1. The quantitative estimate of drug-likeness (QED) is 0.430. The number of imide groups is 2. The highest BCUT2D eigenvalue weighted by Gasteiger charge is 2.31. The van der Waals surface area contributed by atoms with Crippen molar-refractivity contribution in [1.82, 2.24) is 15.5 Å². The molecule has 0 saturated carbocycles. The molecule has 1 fully saturated rings. The Morgan fingerprint density at radius 1 is 1.06 bits per heavy atom. The van der Waals surface area contributed by atoms with E-state index < -0.39 is 17.8 Å². The van der Waals surface area contributed by atoms with E-state index in [1.807, 2.05) is 10.6 Å². The number of carbonyl (C=O) groups excluding carboxylic acids is 3. The number of nitrogens with zero attached hydrogens (tertiary/aromatic N) is 1. The Bertz CT molecular complexity index is 452. The number of carbonyl (C=O) groups is 3. The SMILES string of the molecule is CN1C=CC=CC1=C1C(=O)NC(=O)NC1=O. The van der Waals surface area contributed by atoms with Crippen molar-refractivity contribution in [3.8, 4) is 0 Å². The number of urea groups is 1. The summed E-state index contributed by atoms with van der Waals surface area (Å²) in [5, 5.41) is 4.05. The summed E-state index contributed by atoms with van der Waals surface area (Å²) in [6, 6.07) is -0.794. The van der Waals surface area contributed by atoms with Crippen LogP contribution in [0.2, 0.25) is 0 Å². The number of amides is 4. The molecule has 0 unspecified atom stereocenters. The summed E-state index contributed by atoms with van der Waals surface area (Å²) < 4.78 is 0. The number of hydrogen-bond donors (Lipinski definition) is 2. The van der Waals surface area contributed by atoms with Crippen LogP contribution in [0.25, 0.3) is 0 Å². The van der Waals surface area contributed by atoms with E-state index in [0.717, 1.165) is 0 Å². The molecule has 0 bridgehead atoms. The highest BCUT2D eigenvalue weighted by atomic mass is 16.2. The smallest absolute Gasteiger partial charge is 0.328 e. The second kappa shape index (κ2) is 3.65. The monoisotopic (exact) mass is 219 g/mol. The van der Waals surface area contributed by atoms with Gasteiger partial charge in [0.2, 0.25) is 0 Å². The standard InChI is InChI=1S/C10H9N3O3/c1-13-5-3-2-4-6(13)7-8(14)11-10(16)12-9(7)15/h2-5H,1H3,(H2,11,12,14,15,16). The molecule has 6 nitrogen and oxygen atoms in total. The summed E-state index contributed by atoms with van der Waals surface area (Å²) in [6.45, 7) is 0. The summed E-state index contributed by atoms with van der Waals surface area (Å²) >= 11 is 0. The molecule has 6 heteroatoms. The Hall–Kier alpha value is -2.37. The first-order valence-corrected chi connectivity index (χ1v) is 4.58. The number of nitrogens with one attached hydrogen (secondary N) is 2. The van der Waals surface area contributed by atoms with Crippen LogP contribution in [0.4, 0.5) is 4.79 Å². The minimum atomic E-state index is -0.794. The predicted molar refractivity (Wildman–Crippen MR) is 54.8 cm³/mol. The highest BCUT2D eigenvalue weighted by molar-refractivity contribution is 6.29. The third-order valence-corrected chi connectivity index (χ3v) is 2.22. The van der Waals surface area contributed by atoms with Crippen LogP contribution in [0, 0.1) is 0 Å². The largest absolute Gasteiger partial charge is 0.350 e. The lowest BCUT2D eigenvalue weighted by Gasteiger charge is -2.23. The van der Waals surface area contributed by atoms with Crippen LogP contribution < -0.4 is 10.6 Å². The fourth-order valence-corrected chi connectivity index (χ4v) is 1.48.